The molecule has 0 radical (unpaired) electrons. The predicted molar refractivity (Wildman–Crippen MR) is 109 cm³/mol. The summed E-state index contributed by atoms with van der Waals surface area (Å²) in [6.07, 6.45) is 3.38. The molecule has 0 spiro atoms. The van der Waals surface area contributed by atoms with Crippen LogP contribution in [0.5, 0.6) is 0 Å². The molecule has 1 amide bonds. The molecule has 0 unspecified atom stereocenters. The lowest BCUT2D eigenvalue weighted by atomic mass is 10.2. The molecule has 0 aliphatic rings. The van der Waals surface area contributed by atoms with Crippen LogP contribution in [0, 0.1) is 6.92 Å². The zero-order valence-electron chi connectivity index (χ0n) is 16.8. The number of rotatable bonds is 9. The fourth-order valence-corrected chi connectivity index (χ4v) is 3.84. The molecule has 2 rings (SSSR count). The first-order valence-electron chi connectivity index (χ1n) is 9.10. The van der Waals surface area contributed by atoms with E-state index in [-0.39, 0.29) is 10.8 Å². The Morgan fingerprint density at radius 3 is 2.39 bits per heavy atom. The molecule has 152 valence electrons. The number of aryl methyl sites for hydroxylation is 1. The van der Waals surface area contributed by atoms with Crippen molar-refractivity contribution >= 4 is 15.9 Å². The summed E-state index contributed by atoms with van der Waals surface area (Å²) in [4.78, 5) is 20.8. The standard InChI is InChI=1S/C20H28N4O3S/c1-16-7-9-19(10-8-16)28(26,27)22-17(2)20(25)24(13-12-23(3)4)15-18-6-5-11-21-14-18/h5-11,14,17,22H,12-13,15H2,1-4H3/t17-/m0/s1. The average Bonchev–Trinajstić information content (AvgIpc) is 2.65. The monoisotopic (exact) mass is 404 g/mol. The number of carbonyl (C=O) groups excluding carboxylic acids is 1. The number of pyridine rings is 1. The highest BCUT2D eigenvalue weighted by Gasteiger charge is 2.26. The Morgan fingerprint density at radius 2 is 1.82 bits per heavy atom. The van der Waals surface area contributed by atoms with E-state index in [1.165, 1.54) is 12.1 Å². The molecule has 1 N–H and O–H groups in total. The van der Waals surface area contributed by atoms with Crippen LogP contribution in [-0.4, -0.2) is 62.3 Å². The quantitative estimate of drug-likeness (QED) is 0.687. The summed E-state index contributed by atoms with van der Waals surface area (Å²) >= 11 is 0. The van der Waals surface area contributed by atoms with E-state index < -0.39 is 16.1 Å². The molecule has 28 heavy (non-hydrogen) atoms. The van der Waals surface area contributed by atoms with E-state index in [1.807, 2.05) is 38.1 Å². The fraction of sp³-hybridized carbons (Fsp3) is 0.400. The topological polar surface area (TPSA) is 82.6 Å². The number of aromatic nitrogens is 1. The maximum Gasteiger partial charge on any atom is 0.241 e. The Labute approximate surface area is 167 Å². The molecule has 7 nitrogen and oxygen atoms in total. The van der Waals surface area contributed by atoms with E-state index in [0.29, 0.717) is 19.6 Å². The molecule has 0 fully saturated rings. The highest BCUT2D eigenvalue weighted by Crippen LogP contribution is 2.12. The molecule has 0 aliphatic carbocycles. The SMILES string of the molecule is Cc1ccc(S(=O)(=O)N[C@@H](C)C(=O)N(CCN(C)C)Cc2cccnc2)cc1. The first-order chi connectivity index (χ1) is 13.2. The van der Waals surface area contributed by atoms with Crippen molar-refractivity contribution in [3.05, 3.63) is 59.9 Å². The zero-order chi connectivity index (χ0) is 20.7. The summed E-state index contributed by atoms with van der Waals surface area (Å²) in [6, 6.07) is 9.35. The highest BCUT2D eigenvalue weighted by atomic mass is 32.2. The van der Waals surface area contributed by atoms with Gasteiger partial charge in [-0.15, -0.1) is 0 Å². The smallest absolute Gasteiger partial charge is 0.241 e. The van der Waals surface area contributed by atoms with Gasteiger partial charge >= 0.3 is 0 Å². The minimum atomic E-state index is -3.78. The summed E-state index contributed by atoms with van der Waals surface area (Å²) in [5, 5.41) is 0. The van der Waals surface area contributed by atoms with Crippen molar-refractivity contribution in [3.63, 3.8) is 0 Å². The molecule has 1 heterocycles. The first-order valence-corrected chi connectivity index (χ1v) is 10.6. The Morgan fingerprint density at radius 1 is 1.14 bits per heavy atom. The van der Waals surface area contributed by atoms with Crippen LogP contribution < -0.4 is 4.72 Å². The number of benzene rings is 1. The van der Waals surface area contributed by atoms with Gasteiger partial charge < -0.3 is 9.80 Å². The van der Waals surface area contributed by atoms with Gasteiger partial charge in [-0.25, -0.2) is 8.42 Å². The van der Waals surface area contributed by atoms with Gasteiger partial charge in [0.2, 0.25) is 15.9 Å². The van der Waals surface area contributed by atoms with Crippen LogP contribution in [0.25, 0.3) is 0 Å². The minimum Gasteiger partial charge on any atom is -0.336 e. The van der Waals surface area contributed by atoms with Gasteiger partial charge in [-0.1, -0.05) is 23.8 Å². The van der Waals surface area contributed by atoms with Crippen LogP contribution in [-0.2, 0) is 21.4 Å². The third kappa shape index (κ3) is 6.40. The van der Waals surface area contributed by atoms with Crippen LogP contribution in [0.4, 0.5) is 0 Å². The predicted octanol–water partition coefficient (Wildman–Crippen LogP) is 1.65. The maximum absolute atomic E-state index is 13.0. The van der Waals surface area contributed by atoms with E-state index in [9.17, 15) is 13.2 Å². The van der Waals surface area contributed by atoms with Gasteiger partial charge in [0.1, 0.15) is 0 Å². The summed E-state index contributed by atoms with van der Waals surface area (Å²) in [5.74, 6) is -0.276. The molecular weight excluding hydrogens is 376 g/mol. The molecule has 0 aliphatic heterocycles. The normalized spacial score (nSPS) is 12.8. The van der Waals surface area contributed by atoms with Crippen molar-refractivity contribution in [3.8, 4) is 0 Å². The molecule has 0 bridgehead atoms. The third-order valence-electron chi connectivity index (χ3n) is 4.26. The van der Waals surface area contributed by atoms with Crippen LogP contribution in [0.1, 0.15) is 18.1 Å². The van der Waals surface area contributed by atoms with Crippen LogP contribution >= 0.6 is 0 Å². The number of nitrogens with one attached hydrogen (secondary N) is 1. The van der Waals surface area contributed by atoms with Gasteiger partial charge in [0.05, 0.1) is 10.9 Å². The van der Waals surface area contributed by atoms with Crippen LogP contribution in [0.15, 0.2) is 53.7 Å². The van der Waals surface area contributed by atoms with E-state index in [1.54, 1.807) is 36.4 Å². The molecule has 1 aromatic heterocycles. The fourth-order valence-electron chi connectivity index (χ4n) is 2.64. The lowest BCUT2D eigenvalue weighted by Crippen LogP contribution is -2.48. The number of carbonyl (C=O) groups is 1. The number of likely N-dealkylation sites (N-methyl/N-ethyl adjacent to an activating group) is 1. The molecule has 8 heteroatoms. The lowest BCUT2D eigenvalue weighted by molar-refractivity contribution is -0.133. The van der Waals surface area contributed by atoms with E-state index in [4.69, 9.17) is 0 Å². The van der Waals surface area contributed by atoms with Crippen LogP contribution in [0.3, 0.4) is 0 Å². The number of hydrogen-bond donors (Lipinski definition) is 1. The Hall–Kier alpha value is -2.29. The van der Waals surface area contributed by atoms with Gasteiger partial charge in [0.15, 0.2) is 0 Å². The second kappa shape index (κ2) is 9.77. The summed E-state index contributed by atoms with van der Waals surface area (Å²) < 4.78 is 27.7. The largest absolute Gasteiger partial charge is 0.336 e. The second-order valence-electron chi connectivity index (χ2n) is 7.08. The number of nitrogens with zero attached hydrogens (tertiary/aromatic N) is 3. The summed E-state index contributed by atoms with van der Waals surface area (Å²) in [5.41, 5.74) is 1.86. The van der Waals surface area contributed by atoms with E-state index in [0.717, 1.165) is 11.1 Å². The lowest BCUT2D eigenvalue weighted by Gasteiger charge is -2.27. The first kappa shape index (κ1) is 22.0. The molecule has 0 saturated carbocycles. The van der Waals surface area contributed by atoms with Crippen molar-refractivity contribution in [2.45, 2.75) is 31.3 Å². The van der Waals surface area contributed by atoms with Crippen molar-refractivity contribution in [2.75, 3.05) is 27.2 Å². The molecule has 0 saturated heterocycles. The number of amides is 1. The molecule has 2 aromatic rings. The van der Waals surface area contributed by atoms with E-state index in [2.05, 4.69) is 9.71 Å². The molecule has 1 atom stereocenters. The minimum absolute atomic E-state index is 0.143. The number of hydrogen-bond acceptors (Lipinski definition) is 5. The molecular formula is C20H28N4O3S. The summed E-state index contributed by atoms with van der Waals surface area (Å²) in [7, 11) is 0.0745. The van der Waals surface area contributed by atoms with Gasteiger partial charge in [0.25, 0.3) is 0 Å². The van der Waals surface area contributed by atoms with E-state index >= 15 is 0 Å². The van der Waals surface area contributed by atoms with Gasteiger partial charge in [-0.2, -0.15) is 4.72 Å². The Bertz CT molecular complexity index is 868. The van der Waals surface area contributed by atoms with Crippen molar-refractivity contribution < 1.29 is 13.2 Å². The van der Waals surface area contributed by atoms with Crippen molar-refractivity contribution in [1.29, 1.82) is 0 Å². The van der Waals surface area contributed by atoms with Gasteiger partial charge in [-0.3, -0.25) is 9.78 Å². The second-order valence-corrected chi connectivity index (χ2v) is 8.79. The average molecular weight is 405 g/mol. The highest BCUT2D eigenvalue weighted by molar-refractivity contribution is 7.89. The van der Waals surface area contributed by atoms with Gasteiger partial charge in [-0.05, 0) is 51.7 Å². The van der Waals surface area contributed by atoms with Crippen molar-refractivity contribution in [1.82, 2.24) is 19.5 Å². The zero-order valence-corrected chi connectivity index (χ0v) is 17.6. The van der Waals surface area contributed by atoms with Crippen molar-refractivity contribution in [2.24, 2.45) is 0 Å². The number of sulfonamides is 1. The van der Waals surface area contributed by atoms with Crippen LogP contribution in [0.2, 0.25) is 0 Å². The third-order valence-corrected chi connectivity index (χ3v) is 5.82. The van der Waals surface area contributed by atoms with Gasteiger partial charge in [0, 0.05) is 32.0 Å². The Balaban J connectivity index is 2.13. The maximum atomic E-state index is 13.0. The Kier molecular flexibility index (Phi) is 7.68. The molecule has 1 aromatic carbocycles. The summed E-state index contributed by atoms with van der Waals surface area (Å²) in [6.45, 7) is 4.98.